The first-order valence-corrected chi connectivity index (χ1v) is 6.40. The number of likely N-dealkylation sites (N-methyl/N-ethyl adjacent to an activating group) is 1. The number of para-hydroxylation sites is 1. The topological polar surface area (TPSA) is 49.6 Å². The van der Waals surface area contributed by atoms with Crippen molar-refractivity contribution in [3.8, 4) is 0 Å². The zero-order chi connectivity index (χ0) is 13.1. The first kappa shape index (κ1) is 13.1. The monoisotopic (exact) mass is 247 g/mol. The summed E-state index contributed by atoms with van der Waals surface area (Å²) in [4.78, 5) is 16.5. The molecule has 0 aliphatic carbocycles. The Morgan fingerprint density at radius 2 is 1.94 bits per heavy atom. The molecular weight excluding hydrogens is 226 g/mol. The van der Waals surface area contributed by atoms with Gasteiger partial charge < -0.3 is 10.6 Å². The van der Waals surface area contributed by atoms with Crippen LogP contribution in [0.3, 0.4) is 0 Å². The number of hydrogen-bond donors (Lipinski definition) is 1. The van der Waals surface area contributed by atoms with Gasteiger partial charge in [-0.05, 0) is 25.1 Å². The minimum atomic E-state index is -0.213. The molecule has 2 rings (SSSR count). The van der Waals surface area contributed by atoms with Gasteiger partial charge in [-0.3, -0.25) is 9.69 Å². The summed E-state index contributed by atoms with van der Waals surface area (Å²) in [6, 6.07) is 9.61. The molecule has 0 radical (unpaired) electrons. The maximum atomic E-state index is 12.5. The Balaban J connectivity index is 2.31. The molecule has 18 heavy (non-hydrogen) atoms. The number of benzene rings is 1. The molecular formula is C14H21N3O. The van der Waals surface area contributed by atoms with E-state index in [-0.39, 0.29) is 11.9 Å². The van der Waals surface area contributed by atoms with E-state index in [1.54, 1.807) is 0 Å². The van der Waals surface area contributed by atoms with Crippen LogP contribution in [0.5, 0.6) is 0 Å². The van der Waals surface area contributed by atoms with Crippen LogP contribution >= 0.6 is 0 Å². The second-order valence-corrected chi connectivity index (χ2v) is 5.08. The number of nitrogens with two attached hydrogens (primary N) is 1. The van der Waals surface area contributed by atoms with E-state index in [0.717, 1.165) is 18.8 Å². The van der Waals surface area contributed by atoms with E-state index in [2.05, 4.69) is 11.8 Å². The lowest BCUT2D eigenvalue weighted by Crippen LogP contribution is -2.48. The summed E-state index contributed by atoms with van der Waals surface area (Å²) in [5.74, 6) is 0.547. The Kier molecular flexibility index (Phi) is 3.99. The van der Waals surface area contributed by atoms with Crippen molar-refractivity contribution in [3.63, 3.8) is 0 Å². The van der Waals surface area contributed by atoms with Gasteiger partial charge in [0.25, 0.3) is 0 Å². The highest BCUT2D eigenvalue weighted by Gasteiger charge is 2.32. The summed E-state index contributed by atoms with van der Waals surface area (Å²) in [6.07, 6.45) is 0. The SMILES string of the molecule is CC1CN(c2ccccc2)C(=O)C(CN)N(C)C1. The summed E-state index contributed by atoms with van der Waals surface area (Å²) in [5.41, 5.74) is 6.71. The lowest BCUT2D eigenvalue weighted by molar-refractivity contribution is -0.122. The molecule has 1 aliphatic rings. The summed E-state index contributed by atoms with van der Waals surface area (Å²) in [6.45, 7) is 4.19. The molecule has 1 amide bonds. The molecule has 1 heterocycles. The van der Waals surface area contributed by atoms with Crippen molar-refractivity contribution < 1.29 is 4.79 Å². The Labute approximate surface area is 108 Å². The van der Waals surface area contributed by atoms with E-state index in [9.17, 15) is 4.79 Å². The van der Waals surface area contributed by atoms with Crippen LogP contribution < -0.4 is 10.6 Å². The number of rotatable bonds is 2. The lowest BCUT2D eigenvalue weighted by atomic mass is 10.1. The van der Waals surface area contributed by atoms with Gasteiger partial charge in [-0.2, -0.15) is 0 Å². The van der Waals surface area contributed by atoms with Crippen LogP contribution in [-0.4, -0.2) is 43.5 Å². The van der Waals surface area contributed by atoms with Crippen molar-refractivity contribution in [1.29, 1.82) is 0 Å². The molecule has 98 valence electrons. The van der Waals surface area contributed by atoms with Crippen molar-refractivity contribution in [1.82, 2.24) is 4.90 Å². The number of carbonyl (C=O) groups excluding carboxylic acids is 1. The van der Waals surface area contributed by atoms with E-state index in [1.807, 2.05) is 42.3 Å². The lowest BCUT2D eigenvalue weighted by Gasteiger charge is -2.27. The quantitative estimate of drug-likeness (QED) is 0.846. The number of carbonyl (C=O) groups is 1. The van der Waals surface area contributed by atoms with Crippen molar-refractivity contribution in [2.45, 2.75) is 13.0 Å². The van der Waals surface area contributed by atoms with Crippen LogP contribution in [0, 0.1) is 5.92 Å². The molecule has 0 saturated carbocycles. The highest BCUT2D eigenvalue weighted by Crippen LogP contribution is 2.21. The molecule has 4 nitrogen and oxygen atoms in total. The van der Waals surface area contributed by atoms with Crippen molar-refractivity contribution in [2.75, 3.05) is 31.6 Å². The highest BCUT2D eigenvalue weighted by molar-refractivity contribution is 5.97. The maximum absolute atomic E-state index is 12.5. The number of amides is 1. The van der Waals surface area contributed by atoms with Gasteiger partial charge in [0.15, 0.2) is 0 Å². The average molecular weight is 247 g/mol. The van der Waals surface area contributed by atoms with Gasteiger partial charge in [0.1, 0.15) is 6.04 Å². The number of anilines is 1. The molecule has 1 fully saturated rings. The van der Waals surface area contributed by atoms with E-state index in [4.69, 9.17) is 5.73 Å². The zero-order valence-corrected chi connectivity index (χ0v) is 11.0. The van der Waals surface area contributed by atoms with Crippen molar-refractivity contribution >= 4 is 11.6 Å². The fourth-order valence-corrected chi connectivity index (χ4v) is 2.57. The first-order valence-electron chi connectivity index (χ1n) is 6.40. The van der Waals surface area contributed by atoms with Gasteiger partial charge in [-0.25, -0.2) is 0 Å². The Hall–Kier alpha value is -1.39. The summed E-state index contributed by atoms with van der Waals surface area (Å²) in [5, 5.41) is 0. The van der Waals surface area contributed by atoms with Gasteiger partial charge in [0.05, 0.1) is 0 Å². The minimum absolute atomic E-state index is 0.107. The molecule has 4 heteroatoms. The van der Waals surface area contributed by atoms with E-state index < -0.39 is 0 Å². The smallest absolute Gasteiger partial charge is 0.245 e. The van der Waals surface area contributed by atoms with E-state index >= 15 is 0 Å². The zero-order valence-electron chi connectivity index (χ0n) is 11.0. The van der Waals surface area contributed by atoms with Gasteiger partial charge in [-0.15, -0.1) is 0 Å². The highest BCUT2D eigenvalue weighted by atomic mass is 16.2. The molecule has 1 aromatic carbocycles. The molecule has 0 spiro atoms. The van der Waals surface area contributed by atoms with Crippen LogP contribution in [0.1, 0.15) is 6.92 Å². The maximum Gasteiger partial charge on any atom is 0.245 e. The summed E-state index contributed by atoms with van der Waals surface area (Å²) < 4.78 is 0. The third-order valence-electron chi connectivity index (χ3n) is 3.47. The third-order valence-corrected chi connectivity index (χ3v) is 3.47. The summed E-state index contributed by atoms with van der Waals surface area (Å²) in [7, 11) is 1.97. The molecule has 1 aromatic rings. The third kappa shape index (κ3) is 2.54. The predicted molar refractivity (Wildman–Crippen MR) is 73.4 cm³/mol. The summed E-state index contributed by atoms with van der Waals surface area (Å²) >= 11 is 0. The second kappa shape index (κ2) is 5.50. The fourth-order valence-electron chi connectivity index (χ4n) is 2.57. The molecule has 0 bridgehead atoms. The van der Waals surface area contributed by atoms with Crippen LogP contribution in [0.25, 0.3) is 0 Å². The van der Waals surface area contributed by atoms with Crippen molar-refractivity contribution in [2.24, 2.45) is 11.7 Å². The van der Waals surface area contributed by atoms with E-state index in [1.165, 1.54) is 0 Å². The molecule has 2 atom stereocenters. The Morgan fingerprint density at radius 1 is 1.28 bits per heavy atom. The number of hydrogen-bond acceptors (Lipinski definition) is 3. The largest absolute Gasteiger partial charge is 0.328 e. The average Bonchev–Trinajstić information content (AvgIpc) is 2.47. The number of nitrogens with zero attached hydrogens (tertiary/aromatic N) is 2. The van der Waals surface area contributed by atoms with Gasteiger partial charge in [-0.1, -0.05) is 25.1 Å². The molecule has 2 N–H and O–H groups in total. The minimum Gasteiger partial charge on any atom is -0.328 e. The molecule has 2 unspecified atom stereocenters. The Morgan fingerprint density at radius 3 is 2.56 bits per heavy atom. The van der Waals surface area contributed by atoms with Crippen LogP contribution in [0.2, 0.25) is 0 Å². The normalized spacial score (nSPS) is 26.2. The van der Waals surface area contributed by atoms with E-state index in [0.29, 0.717) is 12.5 Å². The molecule has 1 aliphatic heterocycles. The van der Waals surface area contributed by atoms with Gasteiger partial charge >= 0.3 is 0 Å². The van der Waals surface area contributed by atoms with Crippen LogP contribution in [0.4, 0.5) is 5.69 Å². The second-order valence-electron chi connectivity index (χ2n) is 5.08. The van der Waals surface area contributed by atoms with Crippen molar-refractivity contribution in [3.05, 3.63) is 30.3 Å². The first-order chi connectivity index (χ1) is 8.63. The molecule has 1 saturated heterocycles. The molecule has 0 aromatic heterocycles. The standard InChI is InChI=1S/C14H21N3O/c1-11-9-16(2)13(8-15)14(18)17(10-11)12-6-4-3-5-7-12/h3-7,11,13H,8-10,15H2,1-2H3. The van der Waals surface area contributed by atoms with Crippen LogP contribution in [-0.2, 0) is 4.79 Å². The van der Waals surface area contributed by atoms with Crippen LogP contribution in [0.15, 0.2) is 30.3 Å². The fraction of sp³-hybridized carbons (Fsp3) is 0.500. The van der Waals surface area contributed by atoms with Gasteiger partial charge in [0, 0.05) is 25.3 Å². The Bertz CT molecular complexity index is 407. The predicted octanol–water partition coefficient (Wildman–Crippen LogP) is 0.928. The van der Waals surface area contributed by atoms with Gasteiger partial charge in [0.2, 0.25) is 5.91 Å².